The van der Waals surface area contributed by atoms with E-state index in [-0.39, 0.29) is 17.8 Å². The van der Waals surface area contributed by atoms with Crippen molar-refractivity contribution in [1.29, 1.82) is 0 Å². The summed E-state index contributed by atoms with van der Waals surface area (Å²) in [7, 11) is 1.92. The van der Waals surface area contributed by atoms with Crippen LogP contribution in [0.15, 0.2) is 23.2 Å². The second-order valence-electron chi connectivity index (χ2n) is 9.62. The Morgan fingerprint density at radius 2 is 2.00 bits per heavy atom. The van der Waals surface area contributed by atoms with Crippen LogP contribution in [0.25, 0.3) is 0 Å². The maximum atomic E-state index is 12.5. The van der Waals surface area contributed by atoms with Crippen molar-refractivity contribution in [3.63, 3.8) is 0 Å². The minimum Gasteiger partial charge on any atom is -0.494 e. The van der Waals surface area contributed by atoms with Gasteiger partial charge in [-0.25, -0.2) is 9.79 Å². The summed E-state index contributed by atoms with van der Waals surface area (Å²) < 4.78 is 5.90. The molecule has 1 amide bonds. The first-order chi connectivity index (χ1) is 15.8. The molecular weight excluding hydrogens is 420 g/mol. The molecule has 0 aromatic heterocycles. The lowest BCUT2D eigenvalue weighted by Crippen LogP contribution is -2.49. The number of rotatable bonds is 10. The molecule has 2 aliphatic rings. The molecule has 0 radical (unpaired) electrons. The third-order valence-electron chi connectivity index (χ3n) is 6.60. The average molecular weight is 459 g/mol. The zero-order valence-electron chi connectivity index (χ0n) is 20.1. The number of aliphatic imine (C=N–C) groups is 1. The first kappa shape index (κ1) is 24.9. The van der Waals surface area contributed by atoms with Gasteiger partial charge in [0.05, 0.1) is 12.3 Å². The maximum Gasteiger partial charge on any atom is 0.326 e. The molecule has 1 aliphatic carbocycles. The van der Waals surface area contributed by atoms with Gasteiger partial charge in [0.25, 0.3) is 0 Å². The SMILES string of the molecule is CC(C)CC(C(=O)O)N1Cc2cc(OCCCC(=O)N(C)C3CCCCC3)ccc2N=C1N. The second-order valence-corrected chi connectivity index (χ2v) is 9.62. The molecule has 1 fully saturated rings. The van der Waals surface area contributed by atoms with Gasteiger partial charge < -0.3 is 25.4 Å². The normalized spacial score (nSPS) is 17.3. The van der Waals surface area contributed by atoms with Crippen LogP contribution in [-0.2, 0) is 16.1 Å². The van der Waals surface area contributed by atoms with Crippen LogP contribution in [-0.4, -0.2) is 58.5 Å². The number of fused-ring (bicyclic) bond motifs is 1. The fraction of sp³-hybridized carbons (Fsp3) is 0.640. The highest BCUT2D eigenvalue weighted by Gasteiger charge is 2.31. The summed E-state index contributed by atoms with van der Waals surface area (Å²) in [6.45, 7) is 4.80. The summed E-state index contributed by atoms with van der Waals surface area (Å²) in [5, 5.41) is 9.70. The van der Waals surface area contributed by atoms with Crippen molar-refractivity contribution in [2.24, 2.45) is 16.6 Å². The summed E-state index contributed by atoms with van der Waals surface area (Å²) in [4.78, 5) is 32.3. The molecular formula is C25H38N4O4. The lowest BCUT2D eigenvalue weighted by atomic mass is 9.94. The first-order valence-electron chi connectivity index (χ1n) is 12.1. The van der Waals surface area contributed by atoms with Crippen molar-refractivity contribution in [2.75, 3.05) is 13.7 Å². The number of carbonyl (C=O) groups excluding carboxylic acids is 1. The second kappa shape index (κ2) is 11.4. The summed E-state index contributed by atoms with van der Waals surface area (Å²) in [5.74, 6) is 0.412. The van der Waals surface area contributed by atoms with Crippen molar-refractivity contribution < 1.29 is 19.4 Å². The molecule has 182 valence electrons. The van der Waals surface area contributed by atoms with Crippen molar-refractivity contribution in [1.82, 2.24) is 9.80 Å². The molecule has 8 nitrogen and oxygen atoms in total. The van der Waals surface area contributed by atoms with Gasteiger partial charge in [0.2, 0.25) is 5.91 Å². The molecule has 0 saturated heterocycles. The Morgan fingerprint density at radius 3 is 2.67 bits per heavy atom. The molecule has 3 rings (SSSR count). The number of carboxylic acids is 1. The number of carboxylic acid groups (broad SMARTS) is 1. The quantitative estimate of drug-likeness (QED) is 0.515. The van der Waals surface area contributed by atoms with Crippen molar-refractivity contribution >= 4 is 23.5 Å². The Labute approximate surface area is 196 Å². The number of nitrogens with zero attached hydrogens (tertiary/aromatic N) is 3. The minimum absolute atomic E-state index is 0.182. The fourth-order valence-corrected chi connectivity index (χ4v) is 4.68. The van der Waals surface area contributed by atoms with Crippen LogP contribution in [0, 0.1) is 5.92 Å². The van der Waals surface area contributed by atoms with E-state index in [1.165, 1.54) is 19.3 Å². The zero-order chi connectivity index (χ0) is 24.0. The highest BCUT2D eigenvalue weighted by molar-refractivity contribution is 5.88. The van der Waals surface area contributed by atoms with Gasteiger partial charge in [-0.05, 0) is 49.8 Å². The van der Waals surface area contributed by atoms with Gasteiger partial charge in [-0.15, -0.1) is 0 Å². The van der Waals surface area contributed by atoms with Crippen LogP contribution in [0.2, 0.25) is 0 Å². The lowest BCUT2D eigenvalue weighted by molar-refractivity contribution is -0.142. The van der Waals surface area contributed by atoms with E-state index in [4.69, 9.17) is 10.5 Å². The third-order valence-corrected chi connectivity index (χ3v) is 6.60. The van der Waals surface area contributed by atoms with Crippen molar-refractivity contribution in [3.8, 4) is 5.75 Å². The third kappa shape index (κ3) is 6.62. The lowest BCUT2D eigenvalue weighted by Gasteiger charge is -2.34. The predicted molar refractivity (Wildman–Crippen MR) is 129 cm³/mol. The van der Waals surface area contributed by atoms with Crippen LogP contribution in [0.5, 0.6) is 5.75 Å². The minimum atomic E-state index is -0.902. The van der Waals surface area contributed by atoms with Gasteiger partial charge in [-0.1, -0.05) is 33.1 Å². The standard InChI is InChI=1S/C25H38N4O4/c1-17(2)14-22(24(31)32)29-16-18-15-20(11-12-21(18)27-25(29)26)33-13-7-10-23(30)28(3)19-8-5-4-6-9-19/h11-12,15,17,19,22H,4-10,13-14,16H2,1-3H3,(H2,26,27)(H,31,32). The number of hydrogen-bond donors (Lipinski definition) is 2. The molecule has 1 atom stereocenters. The number of carbonyl (C=O) groups is 2. The Morgan fingerprint density at radius 1 is 1.27 bits per heavy atom. The Hall–Kier alpha value is -2.77. The van der Waals surface area contributed by atoms with Crippen LogP contribution < -0.4 is 10.5 Å². The molecule has 0 bridgehead atoms. The number of benzene rings is 1. The summed E-state index contributed by atoms with van der Waals surface area (Å²) in [6, 6.07) is 5.23. The number of aliphatic carboxylic acids is 1. The number of nitrogens with two attached hydrogens (primary N) is 1. The smallest absolute Gasteiger partial charge is 0.326 e. The molecule has 1 saturated carbocycles. The molecule has 1 aromatic rings. The number of amides is 1. The zero-order valence-corrected chi connectivity index (χ0v) is 20.1. The van der Waals surface area contributed by atoms with Gasteiger partial charge in [-0.2, -0.15) is 0 Å². The van der Waals surface area contributed by atoms with Crippen molar-refractivity contribution in [2.45, 2.75) is 83.8 Å². The molecule has 1 heterocycles. The van der Waals surface area contributed by atoms with E-state index < -0.39 is 12.0 Å². The highest BCUT2D eigenvalue weighted by Crippen LogP contribution is 2.31. The highest BCUT2D eigenvalue weighted by atomic mass is 16.5. The first-order valence-corrected chi connectivity index (χ1v) is 12.1. The van der Waals surface area contributed by atoms with Gasteiger partial charge >= 0.3 is 5.97 Å². The van der Waals surface area contributed by atoms with E-state index in [1.54, 1.807) is 4.90 Å². The Bertz CT molecular complexity index is 864. The largest absolute Gasteiger partial charge is 0.494 e. The molecule has 1 unspecified atom stereocenters. The van der Waals surface area contributed by atoms with Crippen LogP contribution >= 0.6 is 0 Å². The van der Waals surface area contributed by atoms with E-state index in [9.17, 15) is 14.7 Å². The van der Waals surface area contributed by atoms with Gasteiger partial charge in [0.15, 0.2) is 5.96 Å². The van der Waals surface area contributed by atoms with Gasteiger partial charge in [0, 0.05) is 31.6 Å². The van der Waals surface area contributed by atoms with E-state index in [2.05, 4.69) is 4.99 Å². The molecule has 1 aromatic carbocycles. The average Bonchev–Trinajstić information content (AvgIpc) is 2.79. The molecule has 0 spiro atoms. The van der Waals surface area contributed by atoms with Crippen LogP contribution in [0.3, 0.4) is 0 Å². The number of ether oxygens (including phenoxy) is 1. The van der Waals surface area contributed by atoms with E-state index in [1.807, 2.05) is 44.0 Å². The molecule has 33 heavy (non-hydrogen) atoms. The number of hydrogen-bond acceptors (Lipinski definition) is 6. The molecule has 3 N–H and O–H groups in total. The topological polar surface area (TPSA) is 108 Å². The van der Waals surface area contributed by atoms with E-state index in [0.717, 1.165) is 24.1 Å². The van der Waals surface area contributed by atoms with Crippen LogP contribution in [0.1, 0.15) is 70.8 Å². The van der Waals surface area contributed by atoms with E-state index in [0.29, 0.717) is 44.2 Å². The van der Waals surface area contributed by atoms with Crippen LogP contribution in [0.4, 0.5) is 5.69 Å². The van der Waals surface area contributed by atoms with Gasteiger partial charge in [0.1, 0.15) is 11.8 Å². The molecule has 1 aliphatic heterocycles. The summed E-state index contributed by atoms with van der Waals surface area (Å²) >= 11 is 0. The monoisotopic (exact) mass is 458 g/mol. The summed E-state index contributed by atoms with van der Waals surface area (Å²) in [6.07, 6.45) is 7.53. The van der Waals surface area contributed by atoms with E-state index >= 15 is 0 Å². The predicted octanol–water partition coefficient (Wildman–Crippen LogP) is 3.90. The number of guanidine groups is 1. The Kier molecular flexibility index (Phi) is 8.58. The fourth-order valence-electron chi connectivity index (χ4n) is 4.68. The van der Waals surface area contributed by atoms with Gasteiger partial charge in [-0.3, -0.25) is 4.79 Å². The molecule has 8 heteroatoms. The van der Waals surface area contributed by atoms with Crippen molar-refractivity contribution in [3.05, 3.63) is 23.8 Å². The Balaban J connectivity index is 1.54. The maximum absolute atomic E-state index is 12.5. The summed E-state index contributed by atoms with van der Waals surface area (Å²) in [5.41, 5.74) is 7.71.